The monoisotopic (exact) mass is 311 g/mol. The Labute approximate surface area is 118 Å². The molecule has 120 valence electrons. The molecule has 0 aromatic heterocycles. The Bertz CT molecular complexity index is 427. The van der Waals surface area contributed by atoms with E-state index in [1.54, 1.807) is 0 Å². The van der Waals surface area contributed by atoms with Gasteiger partial charge in [-0.2, -0.15) is 13.2 Å². The molecule has 3 amide bonds. The summed E-state index contributed by atoms with van der Waals surface area (Å²) in [7, 11) is 1.53. The number of carbonyl (C=O) groups excluding carboxylic acids is 2. The summed E-state index contributed by atoms with van der Waals surface area (Å²) in [5.41, 5.74) is 0. The molecule has 10 heteroatoms. The Morgan fingerprint density at radius 1 is 1.33 bits per heavy atom. The highest BCUT2D eigenvalue weighted by molar-refractivity contribution is 5.86. The SMILES string of the molecule is CN1CCCN(C(=O)N(CC(=O)O)CC(F)(F)F)CC1=O. The molecule has 0 unspecified atom stereocenters. The first-order valence-electron chi connectivity index (χ1n) is 6.16. The maximum absolute atomic E-state index is 12.4. The zero-order chi connectivity index (χ0) is 16.2. The number of urea groups is 1. The smallest absolute Gasteiger partial charge is 0.406 e. The number of carboxylic acid groups (broad SMARTS) is 1. The highest BCUT2D eigenvalue weighted by Gasteiger charge is 2.36. The van der Waals surface area contributed by atoms with Gasteiger partial charge in [0.25, 0.3) is 0 Å². The van der Waals surface area contributed by atoms with Crippen LogP contribution in [0.4, 0.5) is 18.0 Å². The van der Waals surface area contributed by atoms with Crippen LogP contribution in [0.1, 0.15) is 6.42 Å². The lowest BCUT2D eigenvalue weighted by atomic mass is 10.4. The number of nitrogens with zero attached hydrogens (tertiary/aromatic N) is 3. The number of carboxylic acids is 1. The summed E-state index contributed by atoms with van der Waals surface area (Å²) in [5, 5.41) is 8.62. The number of alkyl halides is 3. The molecule has 1 fully saturated rings. The van der Waals surface area contributed by atoms with Gasteiger partial charge in [-0.25, -0.2) is 4.79 Å². The van der Waals surface area contributed by atoms with Crippen LogP contribution in [-0.2, 0) is 9.59 Å². The maximum atomic E-state index is 12.4. The van der Waals surface area contributed by atoms with Crippen molar-refractivity contribution in [3.8, 4) is 0 Å². The molecular weight excluding hydrogens is 295 g/mol. The van der Waals surface area contributed by atoms with E-state index in [-0.39, 0.29) is 18.0 Å². The third-order valence-electron chi connectivity index (χ3n) is 2.91. The molecule has 0 aliphatic carbocycles. The predicted molar refractivity (Wildman–Crippen MR) is 64.5 cm³/mol. The predicted octanol–water partition coefficient (Wildman–Crippen LogP) is 0.219. The molecule has 0 aromatic rings. The van der Waals surface area contributed by atoms with Crippen molar-refractivity contribution in [2.24, 2.45) is 0 Å². The molecule has 0 atom stereocenters. The van der Waals surface area contributed by atoms with Crippen LogP contribution in [0.5, 0.6) is 0 Å². The zero-order valence-electron chi connectivity index (χ0n) is 11.4. The van der Waals surface area contributed by atoms with Crippen molar-refractivity contribution < 1.29 is 32.7 Å². The molecule has 21 heavy (non-hydrogen) atoms. The summed E-state index contributed by atoms with van der Waals surface area (Å²) in [6.07, 6.45) is -4.29. The van der Waals surface area contributed by atoms with Gasteiger partial charge in [-0.1, -0.05) is 0 Å². The zero-order valence-corrected chi connectivity index (χ0v) is 11.4. The van der Waals surface area contributed by atoms with Crippen molar-refractivity contribution in [1.29, 1.82) is 0 Å². The fourth-order valence-corrected chi connectivity index (χ4v) is 1.92. The number of likely N-dealkylation sites (N-methyl/N-ethyl adjacent to an activating group) is 1. The Morgan fingerprint density at radius 2 is 1.95 bits per heavy atom. The van der Waals surface area contributed by atoms with E-state index in [0.717, 1.165) is 4.90 Å². The van der Waals surface area contributed by atoms with Gasteiger partial charge < -0.3 is 19.8 Å². The van der Waals surface area contributed by atoms with Crippen LogP contribution in [0, 0.1) is 0 Å². The number of aliphatic carboxylic acids is 1. The quantitative estimate of drug-likeness (QED) is 0.808. The molecule has 1 saturated heterocycles. The van der Waals surface area contributed by atoms with E-state index < -0.39 is 37.2 Å². The van der Waals surface area contributed by atoms with Crippen LogP contribution in [0.2, 0.25) is 0 Å². The normalized spacial score (nSPS) is 16.7. The molecule has 1 aliphatic heterocycles. The lowest BCUT2D eigenvalue weighted by Crippen LogP contribution is -2.50. The second-order valence-electron chi connectivity index (χ2n) is 4.74. The van der Waals surface area contributed by atoms with E-state index in [9.17, 15) is 27.6 Å². The summed E-state index contributed by atoms with van der Waals surface area (Å²) < 4.78 is 37.3. The van der Waals surface area contributed by atoms with Gasteiger partial charge in [0.1, 0.15) is 19.6 Å². The van der Waals surface area contributed by atoms with Gasteiger partial charge in [0.05, 0.1) is 0 Å². The van der Waals surface area contributed by atoms with Gasteiger partial charge in [-0.15, -0.1) is 0 Å². The van der Waals surface area contributed by atoms with Gasteiger partial charge >= 0.3 is 18.2 Å². The molecule has 1 aliphatic rings. The second-order valence-corrected chi connectivity index (χ2v) is 4.74. The Morgan fingerprint density at radius 3 is 2.48 bits per heavy atom. The van der Waals surface area contributed by atoms with E-state index in [1.807, 2.05) is 0 Å². The Hall–Kier alpha value is -2.00. The maximum Gasteiger partial charge on any atom is 0.406 e. The van der Waals surface area contributed by atoms with Gasteiger partial charge in [0.2, 0.25) is 5.91 Å². The lowest BCUT2D eigenvalue weighted by Gasteiger charge is -2.28. The molecule has 0 aromatic carbocycles. The minimum Gasteiger partial charge on any atom is -0.480 e. The van der Waals surface area contributed by atoms with Crippen LogP contribution in [0.3, 0.4) is 0 Å². The van der Waals surface area contributed by atoms with E-state index in [1.165, 1.54) is 11.9 Å². The molecule has 0 spiro atoms. The first kappa shape index (κ1) is 17.1. The second kappa shape index (κ2) is 6.64. The summed E-state index contributed by atoms with van der Waals surface area (Å²) >= 11 is 0. The number of hydrogen-bond acceptors (Lipinski definition) is 3. The fraction of sp³-hybridized carbons (Fsp3) is 0.727. The molecule has 0 saturated carbocycles. The highest BCUT2D eigenvalue weighted by Crippen LogP contribution is 2.18. The number of amides is 3. The molecule has 1 heterocycles. The van der Waals surface area contributed by atoms with E-state index >= 15 is 0 Å². The lowest BCUT2D eigenvalue weighted by molar-refractivity contribution is -0.149. The van der Waals surface area contributed by atoms with Crippen molar-refractivity contribution in [1.82, 2.24) is 14.7 Å². The Balaban J connectivity index is 2.83. The van der Waals surface area contributed by atoms with Gasteiger partial charge in [0, 0.05) is 20.1 Å². The van der Waals surface area contributed by atoms with Crippen LogP contribution < -0.4 is 0 Å². The van der Waals surface area contributed by atoms with Crippen LogP contribution in [-0.4, -0.2) is 83.7 Å². The van der Waals surface area contributed by atoms with Crippen LogP contribution in [0.15, 0.2) is 0 Å². The largest absolute Gasteiger partial charge is 0.480 e. The number of hydrogen-bond donors (Lipinski definition) is 1. The number of rotatable bonds is 3. The highest BCUT2D eigenvalue weighted by atomic mass is 19.4. The summed E-state index contributed by atoms with van der Waals surface area (Å²) in [5.74, 6) is -1.95. The van der Waals surface area contributed by atoms with Gasteiger partial charge in [-0.3, -0.25) is 9.59 Å². The van der Waals surface area contributed by atoms with Crippen LogP contribution in [0.25, 0.3) is 0 Å². The molecule has 0 radical (unpaired) electrons. The average Bonchev–Trinajstić information content (AvgIpc) is 2.48. The van der Waals surface area contributed by atoms with Crippen molar-refractivity contribution in [3.05, 3.63) is 0 Å². The standard InChI is InChI=1S/C11H16F3N3O4/c1-15-3-2-4-16(5-8(15)18)10(21)17(6-9(19)20)7-11(12,13)14/h2-7H2,1H3,(H,19,20). The molecular formula is C11H16F3N3O4. The van der Waals surface area contributed by atoms with Crippen molar-refractivity contribution >= 4 is 17.9 Å². The first-order chi connectivity index (χ1) is 9.60. The first-order valence-corrected chi connectivity index (χ1v) is 6.16. The molecule has 1 N–H and O–H groups in total. The van der Waals surface area contributed by atoms with Gasteiger partial charge in [-0.05, 0) is 6.42 Å². The fourth-order valence-electron chi connectivity index (χ4n) is 1.92. The minimum atomic E-state index is -4.71. The Kier molecular flexibility index (Phi) is 5.39. The van der Waals surface area contributed by atoms with Gasteiger partial charge in [0.15, 0.2) is 0 Å². The van der Waals surface area contributed by atoms with E-state index in [0.29, 0.717) is 13.0 Å². The summed E-state index contributed by atoms with van der Waals surface area (Å²) in [6.45, 7) is -2.61. The molecule has 0 bridgehead atoms. The number of carbonyl (C=O) groups is 3. The molecule has 1 rings (SSSR count). The van der Waals surface area contributed by atoms with Crippen molar-refractivity contribution in [3.63, 3.8) is 0 Å². The summed E-state index contributed by atoms with van der Waals surface area (Å²) in [6, 6.07) is -1.10. The average molecular weight is 311 g/mol. The van der Waals surface area contributed by atoms with E-state index in [4.69, 9.17) is 5.11 Å². The van der Waals surface area contributed by atoms with Crippen molar-refractivity contribution in [2.75, 3.05) is 39.8 Å². The number of halogens is 3. The topological polar surface area (TPSA) is 81.2 Å². The third-order valence-corrected chi connectivity index (χ3v) is 2.91. The molecule has 7 nitrogen and oxygen atoms in total. The minimum absolute atomic E-state index is 0.100. The van der Waals surface area contributed by atoms with Crippen LogP contribution >= 0.6 is 0 Å². The van der Waals surface area contributed by atoms with E-state index in [2.05, 4.69) is 0 Å². The summed E-state index contributed by atoms with van der Waals surface area (Å²) in [4.78, 5) is 36.8. The third kappa shape index (κ3) is 5.48. The van der Waals surface area contributed by atoms with Crippen molar-refractivity contribution in [2.45, 2.75) is 12.6 Å².